The van der Waals surface area contributed by atoms with Crippen LogP contribution in [0.5, 0.6) is 5.88 Å². The molecular formula is C23H21N5O6S2. The number of piperazine rings is 1. The number of sulfonamides is 1. The summed E-state index contributed by atoms with van der Waals surface area (Å²) in [4.78, 5) is 34.9. The summed E-state index contributed by atoms with van der Waals surface area (Å²) in [6.07, 6.45) is 3.03. The first-order chi connectivity index (χ1) is 17.4. The van der Waals surface area contributed by atoms with Crippen LogP contribution in [0.4, 0.5) is 10.7 Å². The zero-order valence-corrected chi connectivity index (χ0v) is 20.5. The van der Waals surface area contributed by atoms with Gasteiger partial charge < -0.3 is 14.1 Å². The molecule has 0 spiro atoms. The minimum absolute atomic E-state index is 0.135. The second-order valence-electron chi connectivity index (χ2n) is 7.86. The minimum Gasteiger partial charge on any atom is -0.469 e. The zero-order chi connectivity index (χ0) is 25.1. The summed E-state index contributed by atoms with van der Waals surface area (Å²) in [6, 6.07) is 13.4. The molecule has 0 aliphatic carbocycles. The standard InChI is InChI=1S/C23H21N5O6S2/c29-21-19(35-23(30)26-21)13-16-14-20(34-15-17-5-4-12-33-17)25-22(24-16)27-8-10-28(11-9-27)36(31,32)18-6-2-1-3-7-18/h1-7,12-14H,8-11,15H2,(H,26,29,30). The Labute approximate surface area is 211 Å². The normalized spacial score (nSPS) is 18.0. The Kier molecular flexibility index (Phi) is 6.76. The molecule has 2 aliphatic heterocycles. The van der Waals surface area contributed by atoms with Gasteiger partial charge in [0.1, 0.15) is 12.4 Å². The Morgan fingerprint density at radius 3 is 2.50 bits per heavy atom. The SMILES string of the molecule is O=C1NC(=O)C(=Cc2cc(OCc3ccco3)nc(N3CCN(S(=O)(=O)c4ccccc4)CC3)n2)S1. The van der Waals surface area contributed by atoms with Gasteiger partial charge in [-0.2, -0.15) is 9.29 Å². The molecule has 0 saturated carbocycles. The molecule has 2 amide bonds. The molecule has 0 unspecified atom stereocenters. The van der Waals surface area contributed by atoms with Crippen molar-refractivity contribution in [3.63, 3.8) is 0 Å². The highest BCUT2D eigenvalue weighted by atomic mass is 32.2. The minimum atomic E-state index is -3.60. The number of hydrogen-bond donors (Lipinski definition) is 1. The van der Waals surface area contributed by atoms with Crippen molar-refractivity contribution in [2.24, 2.45) is 0 Å². The lowest BCUT2D eigenvalue weighted by Gasteiger charge is -2.34. The summed E-state index contributed by atoms with van der Waals surface area (Å²) in [5.74, 6) is 0.677. The molecular weight excluding hydrogens is 506 g/mol. The van der Waals surface area contributed by atoms with Crippen molar-refractivity contribution in [2.45, 2.75) is 11.5 Å². The Balaban J connectivity index is 1.37. The predicted octanol–water partition coefficient (Wildman–Crippen LogP) is 2.48. The molecule has 5 rings (SSSR count). The number of imide groups is 1. The predicted molar refractivity (Wildman–Crippen MR) is 132 cm³/mol. The Bertz CT molecular complexity index is 1400. The number of aromatic nitrogens is 2. The van der Waals surface area contributed by atoms with E-state index in [-0.39, 0.29) is 35.4 Å². The average Bonchev–Trinajstić information content (AvgIpc) is 3.52. The van der Waals surface area contributed by atoms with E-state index < -0.39 is 21.2 Å². The molecule has 0 radical (unpaired) electrons. The Morgan fingerprint density at radius 2 is 1.83 bits per heavy atom. The molecule has 1 aromatic carbocycles. The largest absolute Gasteiger partial charge is 0.469 e. The van der Waals surface area contributed by atoms with Crippen LogP contribution in [-0.2, 0) is 21.4 Å². The van der Waals surface area contributed by atoms with Crippen molar-refractivity contribution in [3.05, 3.63) is 71.2 Å². The molecule has 3 aromatic rings. The van der Waals surface area contributed by atoms with E-state index in [1.165, 1.54) is 16.6 Å². The summed E-state index contributed by atoms with van der Waals surface area (Å²) in [5, 5.41) is 1.76. The smallest absolute Gasteiger partial charge is 0.290 e. The number of ether oxygens (including phenoxy) is 1. The van der Waals surface area contributed by atoms with E-state index in [1.54, 1.807) is 48.5 Å². The number of carbonyl (C=O) groups is 2. The van der Waals surface area contributed by atoms with Gasteiger partial charge in [-0.3, -0.25) is 14.9 Å². The number of carbonyl (C=O) groups excluding carboxylic acids is 2. The highest BCUT2D eigenvalue weighted by Crippen LogP contribution is 2.27. The first kappa shape index (κ1) is 24.0. The molecule has 0 atom stereocenters. The van der Waals surface area contributed by atoms with Gasteiger partial charge in [0.2, 0.25) is 21.9 Å². The average molecular weight is 528 g/mol. The van der Waals surface area contributed by atoms with Crippen LogP contribution in [0, 0.1) is 0 Å². The lowest BCUT2D eigenvalue weighted by molar-refractivity contribution is -0.115. The van der Waals surface area contributed by atoms with Gasteiger partial charge in [-0.1, -0.05) is 18.2 Å². The fourth-order valence-electron chi connectivity index (χ4n) is 3.68. The van der Waals surface area contributed by atoms with Gasteiger partial charge in [0.25, 0.3) is 11.1 Å². The van der Waals surface area contributed by atoms with Crippen molar-refractivity contribution >= 4 is 45.0 Å². The van der Waals surface area contributed by atoms with Crippen LogP contribution in [0.1, 0.15) is 11.5 Å². The van der Waals surface area contributed by atoms with Crippen LogP contribution in [0.3, 0.4) is 0 Å². The number of thioether (sulfide) groups is 1. The number of nitrogens with zero attached hydrogens (tertiary/aromatic N) is 4. The van der Waals surface area contributed by atoms with Gasteiger partial charge in [0, 0.05) is 32.2 Å². The van der Waals surface area contributed by atoms with Crippen molar-refractivity contribution < 1.29 is 27.2 Å². The quantitative estimate of drug-likeness (QED) is 0.457. The molecule has 2 aliphatic rings. The van der Waals surface area contributed by atoms with Gasteiger partial charge >= 0.3 is 0 Å². The van der Waals surface area contributed by atoms with Crippen LogP contribution in [0.25, 0.3) is 6.08 Å². The number of benzene rings is 1. The van der Waals surface area contributed by atoms with Gasteiger partial charge in [0.05, 0.1) is 21.8 Å². The van der Waals surface area contributed by atoms with Crippen LogP contribution in [0.15, 0.2) is 69.0 Å². The molecule has 2 fully saturated rings. The first-order valence-electron chi connectivity index (χ1n) is 11.0. The van der Waals surface area contributed by atoms with Crippen LogP contribution >= 0.6 is 11.8 Å². The number of hydrogen-bond acceptors (Lipinski definition) is 10. The third-order valence-corrected chi connectivity index (χ3v) is 8.20. The first-order valence-corrected chi connectivity index (χ1v) is 13.2. The molecule has 2 aromatic heterocycles. The number of amides is 2. The lowest BCUT2D eigenvalue weighted by atomic mass is 10.3. The van der Waals surface area contributed by atoms with Crippen molar-refractivity contribution in [3.8, 4) is 5.88 Å². The fraction of sp³-hybridized carbons (Fsp3) is 0.217. The van der Waals surface area contributed by atoms with E-state index >= 15 is 0 Å². The van der Waals surface area contributed by atoms with E-state index in [0.29, 0.717) is 30.5 Å². The van der Waals surface area contributed by atoms with Gasteiger partial charge in [0.15, 0.2) is 0 Å². The molecule has 4 heterocycles. The van der Waals surface area contributed by atoms with Gasteiger partial charge in [-0.25, -0.2) is 13.4 Å². The van der Waals surface area contributed by atoms with E-state index in [0.717, 1.165) is 11.8 Å². The molecule has 36 heavy (non-hydrogen) atoms. The van der Waals surface area contributed by atoms with Crippen molar-refractivity contribution in [1.82, 2.24) is 19.6 Å². The zero-order valence-electron chi connectivity index (χ0n) is 18.9. The van der Waals surface area contributed by atoms with Gasteiger partial charge in [-0.05, 0) is 42.1 Å². The summed E-state index contributed by atoms with van der Waals surface area (Å²) in [5.41, 5.74) is 0.376. The molecule has 11 nitrogen and oxygen atoms in total. The highest BCUT2D eigenvalue weighted by Gasteiger charge is 2.30. The summed E-state index contributed by atoms with van der Waals surface area (Å²) in [7, 11) is -3.60. The number of anilines is 1. The highest BCUT2D eigenvalue weighted by molar-refractivity contribution is 8.18. The van der Waals surface area contributed by atoms with Gasteiger partial charge in [-0.15, -0.1) is 0 Å². The molecule has 1 N–H and O–H groups in total. The maximum atomic E-state index is 13.0. The summed E-state index contributed by atoms with van der Waals surface area (Å²) in [6.45, 7) is 1.35. The second-order valence-corrected chi connectivity index (χ2v) is 10.8. The van der Waals surface area contributed by atoms with Crippen LogP contribution in [-0.4, -0.2) is 60.0 Å². The topological polar surface area (TPSA) is 135 Å². The third kappa shape index (κ3) is 5.27. The lowest BCUT2D eigenvalue weighted by Crippen LogP contribution is -2.49. The van der Waals surface area contributed by atoms with E-state index in [2.05, 4.69) is 15.3 Å². The van der Waals surface area contributed by atoms with Crippen LogP contribution < -0.4 is 15.0 Å². The molecule has 2 saturated heterocycles. The number of furan rings is 1. The van der Waals surface area contributed by atoms with Crippen molar-refractivity contribution in [2.75, 3.05) is 31.1 Å². The third-order valence-electron chi connectivity index (χ3n) is 5.48. The van der Waals surface area contributed by atoms with Crippen molar-refractivity contribution in [1.29, 1.82) is 0 Å². The second kappa shape index (κ2) is 10.1. The maximum Gasteiger partial charge on any atom is 0.290 e. The molecule has 0 bridgehead atoms. The van der Waals surface area contributed by atoms with E-state index in [4.69, 9.17) is 9.15 Å². The summed E-state index contributed by atoms with van der Waals surface area (Å²) >= 11 is 0.786. The van der Waals surface area contributed by atoms with E-state index in [9.17, 15) is 18.0 Å². The Hall–Kier alpha value is -3.68. The monoisotopic (exact) mass is 527 g/mol. The molecule has 186 valence electrons. The summed E-state index contributed by atoms with van der Waals surface area (Å²) < 4.78 is 38.4. The van der Waals surface area contributed by atoms with Crippen LogP contribution in [0.2, 0.25) is 0 Å². The Morgan fingerprint density at radius 1 is 1.06 bits per heavy atom. The molecule has 13 heteroatoms. The van der Waals surface area contributed by atoms with E-state index in [1.807, 2.05) is 4.90 Å². The fourth-order valence-corrected chi connectivity index (χ4v) is 5.79. The maximum absolute atomic E-state index is 13.0. The number of nitrogens with one attached hydrogen (secondary N) is 1. The number of rotatable bonds is 7.